The maximum absolute atomic E-state index is 12.2. The van der Waals surface area contributed by atoms with E-state index in [2.05, 4.69) is 21.2 Å². The Labute approximate surface area is 147 Å². The van der Waals surface area contributed by atoms with Gasteiger partial charge in [-0.25, -0.2) is 4.79 Å². The van der Waals surface area contributed by atoms with Crippen molar-refractivity contribution in [3.05, 3.63) is 22.7 Å². The van der Waals surface area contributed by atoms with Crippen molar-refractivity contribution in [1.29, 1.82) is 0 Å². The van der Waals surface area contributed by atoms with Crippen LogP contribution in [0.5, 0.6) is 0 Å². The molecule has 1 aliphatic carbocycles. The van der Waals surface area contributed by atoms with Gasteiger partial charge in [0.05, 0.1) is 17.4 Å². The van der Waals surface area contributed by atoms with Crippen molar-refractivity contribution >= 4 is 45.0 Å². The highest BCUT2D eigenvalue weighted by Crippen LogP contribution is 2.43. The van der Waals surface area contributed by atoms with Gasteiger partial charge in [0.25, 0.3) is 0 Å². The second kappa shape index (κ2) is 6.08. The van der Waals surface area contributed by atoms with Crippen LogP contribution in [0.4, 0.5) is 16.2 Å². The first-order chi connectivity index (χ1) is 11.3. The predicted octanol–water partition coefficient (Wildman–Crippen LogP) is 2.11. The van der Waals surface area contributed by atoms with Crippen molar-refractivity contribution in [2.75, 3.05) is 24.1 Å². The molecule has 1 amide bonds. The zero-order valence-electron chi connectivity index (χ0n) is 12.9. The minimum absolute atomic E-state index is 0.0395. The topological polar surface area (TPSA) is 113 Å². The number of nitrogens with zero attached hydrogens (tertiary/aromatic N) is 1. The van der Waals surface area contributed by atoms with Crippen LogP contribution in [-0.2, 0) is 9.59 Å². The molecule has 1 atom stereocenters. The van der Waals surface area contributed by atoms with Gasteiger partial charge in [-0.2, -0.15) is 0 Å². The number of carbonyl (C=O) groups excluding carboxylic acids is 2. The fraction of sp³-hybridized carbons (Fsp3) is 0.438. The van der Waals surface area contributed by atoms with Crippen molar-refractivity contribution < 1.29 is 19.5 Å². The summed E-state index contributed by atoms with van der Waals surface area (Å²) < 4.78 is 0.847. The van der Waals surface area contributed by atoms with Gasteiger partial charge in [-0.05, 0) is 24.6 Å². The molecule has 0 aromatic heterocycles. The molecule has 0 bridgehead atoms. The molecule has 1 aromatic carbocycles. The number of likely N-dealkylation sites (tertiary alicyclic amines) is 1. The van der Waals surface area contributed by atoms with Crippen molar-refractivity contribution in [2.45, 2.75) is 25.3 Å². The van der Waals surface area contributed by atoms with E-state index < -0.39 is 17.6 Å². The number of halogens is 1. The van der Waals surface area contributed by atoms with Crippen LogP contribution >= 0.6 is 15.9 Å². The Morgan fingerprint density at radius 3 is 2.62 bits per heavy atom. The van der Waals surface area contributed by atoms with Gasteiger partial charge < -0.3 is 21.1 Å². The summed E-state index contributed by atoms with van der Waals surface area (Å²) in [5.74, 6) is -0.270. The molecule has 1 unspecified atom stereocenters. The highest BCUT2D eigenvalue weighted by molar-refractivity contribution is 9.10. The van der Waals surface area contributed by atoms with E-state index in [1.807, 2.05) is 6.07 Å². The highest BCUT2D eigenvalue weighted by Gasteiger charge is 2.57. The van der Waals surface area contributed by atoms with E-state index in [9.17, 15) is 19.5 Å². The van der Waals surface area contributed by atoms with Gasteiger partial charge in [-0.3, -0.25) is 9.59 Å². The number of Topliss-reactive ketones (excluding diaryl/α,β-unsaturated/α-hetero) is 2. The van der Waals surface area contributed by atoms with Crippen LogP contribution < -0.4 is 11.1 Å². The molecule has 2 fully saturated rings. The van der Waals surface area contributed by atoms with Gasteiger partial charge in [0.2, 0.25) is 0 Å². The lowest BCUT2D eigenvalue weighted by atomic mass is 9.82. The summed E-state index contributed by atoms with van der Waals surface area (Å²) in [4.78, 5) is 37.1. The van der Waals surface area contributed by atoms with E-state index in [1.54, 1.807) is 12.1 Å². The highest BCUT2D eigenvalue weighted by atomic mass is 79.9. The zero-order valence-corrected chi connectivity index (χ0v) is 14.5. The van der Waals surface area contributed by atoms with E-state index in [0.29, 0.717) is 17.9 Å². The summed E-state index contributed by atoms with van der Waals surface area (Å²) in [7, 11) is 0. The third-order valence-corrected chi connectivity index (χ3v) is 5.39. The standard InChI is InChI=1S/C16H18BrN3O4/c17-9-1-2-12(11(18)5-9)19-7-10-6-16(8-20(10)15(23)24)13(21)3-4-14(16)22/h1-2,5,10,19H,3-4,6-8,18H2,(H,23,24). The first-order valence-electron chi connectivity index (χ1n) is 7.68. The molecule has 2 aliphatic rings. The molecule has 1 aromatic rings. The summed E-state index contributed by atoms with van der Waals surface area (Å²) in [6, 6.07) is 4.92. The van der Waals surface area contributed by atoms with Crippen molar-refractivity contribution in [1.82, 2.24) is 4.90 Å². The molecule has 4 N–H and O–H groups in total. The molecule has 8 heteroatoms. The van der Waals surface area contributed by atoms with Gasteiger partial charge in [-0.15, -0.1) is 0 Å². The van der Waals surface area contributed by atoms with E-state index in [0.717, 1.165) is 4.47 Å². The number of ketones is 2. The van der Waals surface area contributed by atoms with Crippen molar-refractivity contribution in [3.63, 3.8) is 0 Å². The third-order valence-electron chi connectivity index (χ3n) is 4.90. The minimum Gasteiger partial charge on any atom is -0.465 e. The quantitative estimate of drug-likeness (QED) is 0.533. The van der Waals surface area contributed by atoms with Crippen LogP contribution in [0, 0.1) is 5.41 Å². The number of carbonyl (C=O) groups is 3. The summed E-state index contributed by atoms with van der Waals surface area (Å²) in [5, 5.41) is 12.6. The van der Waals surface area contributed by atoms with Crippen LogP contribution in [0.1, 0.15) is 19.3 Å². The molecule has 1 heterocycles. The summed E-state index contributed by atoms with van der Waals surface area (Å²) in [6.07, 6.45) is -0.451. The SMILES string of the molecule is Nc1cc(Br)ccc1NCC1CC2(CN1C(=O)O)C(=O)CCC2=O. The number of anilines is 2. The normalized spacial score (nSPS) is 22.4. The van der Waals surface area contributed by atoms with E-state index in [1.165, 1.54) is 4.90 Å². The molecular formula is C16H18BrN3O4. The second-order valence-electron chi connectivity index (χ2n) is 6.31. The molecular weight excluding hydrogens is 378 g/mol. The average molecular weight is 396 g/mol. The molecule has 7 nitrogen and oxygen atoms in total. The Bertz CT molecular complexity index is 705. The number of rotatable bonds is 3. The predicted molar refractivity (Wildman–Crippen MR) is 91.9 cm³/mol. The molecule has 1 saturated carbocycles. The Balaban J connectivity index is 1.77. The van der Waals surface area contributed by atoms with Gasteiger partial charge >= 0.3 is 6.09 Å². The van der Waals surface area contributed by atoms with Crippen molar-refractivity contribution in [2.24, 2.45) is 5.41 Å². The first kappa shape index (κ1) is 16.8. The molecule has 1 saturated heterocycles. The van der Waals surface area contributed by atoms with Crippen LogP contribution in [0.2, 0.25) is 0 Å². The lowest BCUT2D eigenvalue weighted by Gasteiger charge is -2.22. The number of amides is 1. The van der Waals surface area contributed by atoms with Gasteiger partial charge in [0.15, 0.2) is 0 Å². The number of hydrogen-bond donors (Lipinski definition) is 3. The molecule has 128 valence electrons. The smallest absolute Gasteiger partial charge is 0.407 e. The maximum Gasteiger partial charge on any atom is 0.407 e. The van der Waals surface area contributed by atoms with Crippen LogP contribution in [0.25, 0.3) is 0 Å². The number of carboxylic acid groups (broad SMARTS) is 1. The molecule has 24 heavy (non-hydrogen) atoms. The number of nitrogen functional groups attached to an aromatic ring is 1. The molecule has 1 aliphatic heterocycles. The summed E-state index contributed by atoms with van der Waals surface area (Å²) in [5.41, 5.74) is 6.01. The Kier molecular flexibility index (Phi) is 4.25. The lowest BCUT2D eigenvalue weighted by Crippen LogP contribution is -2.40. The monoisotopic (exact) mass is 395 g/mol. The van der Waals surface area contributed by atoms with Gasteiger partial charge in [0.1, 0.15) is 17.0 Å². The van der Waals surface area contributed by atoms with E-state index >= 15 is 0 Å². The molecule has 3 rings (SSSR count). The largest absolute Gasteiger partial charge is 0.465 e. The van der Waals surface area contributed by atoms with Crippen LogP contribution in [-0.4, -0.2) is 46.8 Å². The van der Waals surface area contributed by atoms with Gasteiger partial charge in [0, 0.05) is 30.4 Å². The summed E-state index contributed by atoms with van der Waals surface area (Å²) in [6.45, 7) is 0.253. The third kappa shape index (κ3) is 2.75. The lowest BCUT2D eigenvalue weighted by molar-refractivity contribution is -0.133. The van der Waals surface area contributed by atoms with E-state index in [-0.39, 0.29) is 37.4 Å². The van der Waals surface area contributed by atoms with Crippen LogP contribution in [0.15, 0.2) is 22.7 Å². The summed E-state index contributed by atoms with van der Waals surface area (Å²) >= 11 is 3.33. The fourth-order valence-corrected chi connectivity index (χ4v) is 3.97. The molecule has 1 spiro atoms. The average Bonchev–Trinajstić information content (AvgIpc) is 3.04. The fourth-order valence-electron chi connectivity index (χ4n) is 3.59. The number of benzene rings is 1. The Morgan fingerprint density at radius 2 is 2.04 bits per heavy atom. The Hall–Kier alpha value is -2.09. The van der Waals surface area contributed by atoms with E-state index in [4.69, 9.17) is 5.73 Å². The second-order valence-corrected chi connectivity index (χ2v) is 7.23. The number of hydrogen-bond acceptors (Lipinski definition) is 5. The molecule has 0 radical (unpaired) electrons. The number of nitrogens with one attached hydrogen (secondary N) is 1. The minimum atomic E-state index is -1.14. The van der Waals surface area contributed by atoms with Crippen molar-refractivity contribution in [3.8, 4) is 0 Å². The van der Waals surface area contributed by atoms with Crippen LogP contribution in [0.3, 0.4) is 0 Å². The maximum atomic E-state index is 12.2. The zero-order chi connectivity index (χ0) is 17.5. The Morgan fingerprint density at radius 1 is 1.38 bits per heavy atom. The first-order valence-corrected chi connectivity index (χ1v) is 8.48. The number of nitrogens with two attached hydrogens (primary N) is 1. The van der Waals surface area contributed by atoms with Gasteiger partial charge in [-0.1, -0.05) is 15.9 Å².